The molecule has 1 aliphatic rings. The third-order valence-electron chi connectivity index (χ3n) is 4.12. The van der Waals surface area contributed by atoms with Gasteiger partial charge in [0, 0.05) is 35.4 Å². The molecule has 2 aromatic carbocycles. The maximum Gasteiger partial charge on any atom is 0.266 e. The number of hydrogen-bond acceptors (Lipinski definition) is 8. The summed E-state index contributed by atoms with van der Waals surface area (Å²) in [5.41, 5.74) is 1.03. The summed E-state index contributed by atoms with van der Waals surface area (Å²) in [4.78, 5) is 27.0. The minimum Gasteiger partial charge on any atom is -0.865 e. The molecule has 0 atom stereocenters. The van der Waals surface area contributed by atoms with Gasteiger partial charge in [0.1, 0.15) is 5.75 Å². The number of anilines is 1. The molecule has 0 fully saturated rings. The summed E-state index contributed by atoms with van der Waals surface area (Å²) in [7, 11) is 1.26. The fourth-order valence-corrected chi connectivity index (χ4v) is 3.48. The van der Waals surface area contributed by atoms with E-state index in [-0.39, 0.29) is 11.5 Å². The van der Waals surface area contributed by atoms with Gasteiger partial charge in [-0.2, -0.15) is 0 Å². The monoisotopic (exact) mass is 412 g/mol. The topological polar surface area (TPSA) is 117 Å². The lowest BCUT2D eigenvalue weighted by atomic mass is 10.1. The highest BCUT2D eigenvalue weighted by atomic mass is 32.2. The summed E-state index contributed by atoms with van der Waals surface area (Å²) in [6.45, 7) is 0.812. The number of ketones is 1. The van der Waals surface area contributed by atoms with Gasteiger partial charge in [0.05, 0.1) is 12.0 Å². The van der Waals surface area contributed by atoms with Crippen LogP contribution in [0, 0.1) is 10.1 Å². The standard InChI is InChI=1S/C20H19N3O5S/c1-28-18-12-13(11-16(19(18)25)23(26)27)3-8-17(24)14-4-6-15(7-5-14)22-20-21-9-2-10-29-20/h3-8,11-12,25H,2,9-10H2,1H3,(H,21,22)/p-1/b8-3+. The maximum atomic E-state index is 12.4. The number of ether oxygens (including phenoxy) is 1. The molecule has 8 nitrogen and oxygen atoms in total. The number of thioether (sulfide) groups is 1. The fourth-order valence-electron chi connectivity index (χ4n) is 2.64. The molecule has 0 bridgehead atoms. The van der Waals surface area contributed by atoms with Gasteiger partial charge in [-0.25, -0.2) is 0 Å². The predicted molar refractivity (Wildman–Crippen MR) is 112 cm³/mol. The Hall–Kier alpha value is -3.33. The molecule has 3 rings (SSSR count). The molecule has 9 heteroatoms. The molecule has 29 heavy (non-hydrogen) atoms. The number of benzene rings is 2. The van der Waals surface area contributed by atoms with Crippen LogP contribution in [0.4, 0.5) is 11.4 Å². The first kappa shape index (κ1) is 20.4. The quantitative estimate of drug-likeness (QED) is 0.334. The van der Waals surface area contributed by atoms with Gasteiger partial charge in [-0.3, -0.25) is 19.9 Å². The number of methoxy groups -OCH3 is 1. The second kappa shape index (κ2) is 9.24. The number of hydrogen-bond donors (Lipinski definition) is 1. The second-order valence-electron chi connectivity index (χ2n) is 6.12. The van der Waals surface area contributed by atoms with Gasteiger partial charge in [-0.15, -0.1) is 0 Å². The van der Waals surface area contributed by atoms with Crippen LogP contribution in [0.25, 0.3) is 6.08 Å². The molecule has 0 amide bonds. The van der Waals surface area contributed by atoms with E-state index in [0.29, 0.717) is 11.1 Å². The predicted octanol–water partition coefficient (Wildman–Crippen LogP) is 3.48. The van der Waals surface area contributed by atoms with Gasteiger partial charge >= 0.3 is 0 Å². The van der Waals surface area contributed by atoms with Gasteiger partial charge in [-0.1, -0.05) is 17.8 Å². The summed E-state index contributed by atoms with van der Waals surface area (Å²) in [5, 5.41) is 27.0. The third kappa shape index (κ3) is 5.14. The number of allylic oxidation sites excluding steroid dienone is 1. The van der Waals surface area contributed by atoms with Crippen molar-refractivity contribution >= 4 is 40.2 Å². The molecule has 0 spiro atoms. The smallest absolute Gasteiger partial charge is 0.266 e. The van der Waals surface area contributed by atoms with E-state index in [1.54, 1.807) is 36.0 Å². The van der Waals surface area contributed by atoms with Crippen molar-refractivity contribution < 1.29 is 19.6 Å². The Morgan fingerprint density at radius 3 is 2.69 bits per heavy atom. The van der Waals surface area contributed by atoms with Crippen LogP contribution in [-0.4, -0.2) is 35.3 Å². The third-order valence-corrected chi connectivity index (χ3v) is 5.12. The lowest BCUT2D eigenvalue weighted by Crippen LogP contribution is -2.13. The lowest BCUT2D eigenvalue weighted by molar-refractivity contribution is -0.398. The molecule has 1 heterocycles. The van der Waals surface area contributed by atoms with Crippen LogP contribution in [0.5, 0.6) is 11.5 Å². The minimum atomic E-state index is -0.801. The summed E-state index contributed by atoms with van der Waals surface area (Å²) in [5.74, 6) is -0.188. The molecule has 0 saturated carbocycles. The van der Waals surface area contributed by atoms with E-state index in [9.17, 15) is 20.0 Å². The molecule has 0 unspecified atom stereocenters. The number of carbonyl (C=O) groups is 1. The van der Waals surface area contributed by atoms with E-state index in [0.717, 1.165) is 35.6 Å². The zero-order chi connectivity index (χ0) is 20.8. The lowest BCUT2D eigenvalue weighted by Gasteiger charge is -2.13. The van der Waals surface area contributed by atoms with E-state index < -0.39 is 16.4 Å². The average molecular weight is 412 g/mol. The zero-order valence-electron chi connectivity index (χ0n) is 15.6. The Labute approximate surface area is 171 Å². The number of nitro benzene ring substituents is 1. The van der Waals surface area contributed by atoms with Crippen molar-refractivity contribution in [2.45, 2.75) is 6.42 Å². The normalized spacial score (nSPS) is 13.8. The molecule has 1 N–H and O–H groups in total. The van der Waals surface area contributed by atoms with E-state index >= 15 is 0 Å². The van der Waals surface area contributed by atoms with Crippen LogP contribution in [0.3, 0.4) is 0 Å². The maximum absolute atomic E-state index is 12.4. The molecule has 150 valence electrons. The van der Waals surface area contributed by atoms with Crippen molar-refractivity contribution in [1.29, 1.82) is 0 Å². The molecule has 0 radical (unpaired) electrons. The van der Waals surface area contributed by atoms with Crippen molar-refractivity contribution in [1.82, 2.24) is 0 Å². The van der Waals surface area contributed by atoms with Crippen LogP contribution in [0.2, 0.25) is 0 Å². The highest BCUT2D eigenvalue weighted by Crippen LogP contribution is 2.34. The molecule has 2 aromatic rings. The summed E-state index contributed by atoms with van der Waals surface area (Å²) >= 11 is 1.66. The first-order chi connectivity index (χ1) is 14.0. The van der Waals surface area contributed by atoms with E-state index in [4.69, 9.17) is 4.74 Å². The average Bonchev–Trinajstić information content (AvgIpc) is 2.73. The van der Waals surface area contributed by atoms with Crippen molar-refractivity contribution in [2.24, 2.45) is 4.99 Å². The van der Waals surface area contributed by atoms with E-state index in [2.05, 4.69) is 10.3 Å². The number of rotatable bonds is 6. The molecule has 1 aliphatic heterocycles. The molecular formula is C20H18N3O5S-. The fraction of sp³-hybridized carbons (Fsp3) is 0.200. The number of aliphatic imine (C=N–C) groups is 1. The second-order valence-corrected chi connectivity index (χ2v) is 7.20. The van der Waals surface area contributed by atoms with Gasteiger partial charge in [0.25, 0.3) is 5.69 Å². The minimum absolute atomic E-state index is 0.148. The van der Waals surface area contributed by atoms with Crippen molar-refractivity contribution in [3.05, 3.63) is 63.7 Å². The van der Waals surface area contributed by atoms with Crippen LogP contribution >= 0.6 is 11.8 Å². The highest BCUT2D eigenvalue weighted by molar-refractivity contribution is 8.14. The number of nitrogens with one attached hydrogen (secondary N) is 1. The first-order valence-corrected chi connectivity index (χ1v) is 9.76. The Kier molecular flexibility index (Phi) is 6.50. The van der Waals surface area contributed by atoms with Crippen LogP contribution < -0.4 is 15.2 Å². The highest BCUT2D eigenvalue weighted by Gasteiger charge is 2.13. The molecule has 0 aromatic heterocycles. The van der Waals surface area contributed by atoms with Crippen molar-refractivity contribution in [3.63, 3.8) is 0 Å². The zero-order valence-corrected chi connectivity index (χ0v) is 16.4. The Balaban J connectivity index is 1.72. The van der Waals surface area contributed by atoms with Crippen LogP contribution in [0.1, 0.15) is 22.3 Å². The first-order valence-electron chi connectivity index (χ1n) is 8.78. The van der Waals surface area contributed by atoms with Crippen LogP contribution in [0.15, 0.2) is 47.5 Å². The number of amidine groups is 1. The van der Waals surface area contributed by atoms with Gasteiger partial charge in [-0.05, 0) is 48.4 Å². The summed E-state index contributed by atoms with van der Waals surface area (Å²) in [6.07, 6.45) is 3.78. The van der Waals surface area contributed by atoms with E-state index in [1.165, 1.54) is 25.3 Å². The summed E-state index contributed by atoms with van der Waals surface area (Å²) < 4.78 is 4.89. The number of nitro groups is 1. The van der Waals surface area contributed by atoms with Gasteiger partial charge < -0.3 is 15.2 Å². The number of nitrogens with zero attached hydrogens (tertiary/aromatic N) is 2. The van der Waals surface area contributed by atoms with Crippen molar-refractivity contribution in [3.8, 4) is 11.5 Å². The summed E-state index contributed by atoms with van der Waals surface area (Å²) in [6, 6.07) is 9.43. The molecule has 0 aliphatic carbocycles. The van der Waals surface area contributed by atoms with Gasteiger partial charge in [0.2, 0.25) is 0 Å². The Bertz CT molecular complexity index is 986. The van der Waals surface area contributed by atoms with Crippen LogP contribution in [-0.2, 0) is 0 Å². The molecular weight excluding hydrogens is 394 g/mol. The Morgan fingerprint density at radius 1 is 1.31 bits per heavy atom. The Morgan fingerprint density at radius 2 is 2.07 bits per heavy atom. The largest absolute Gasteiger partial charge is 0.865 e. The molecule has 0 saturated heterocycles. The number of carbonyl (C=O) groups excluding carboxylic acids is 1. The van der Waals surface area contributed by atoms with E-state index in [1.807, 2.05) is 0 Å². The SMILES string of the molecule is COc1cc(/C=C/C(=O)c2ccc(NC3=NCCCS3)cc2)cc([N+](=O)[O-])c1[O-]. The van der Waals surface area contributed by atoms with Gasteiger partial charge in [0.15, 0.2) is 11.0 Å². The van der Waals surface area contributed by atoms with Crippen molar-refractivity contribution in [2.75, 3.05) is 24.7 Å².